The van der Waals surface area contributed by atoms with E-state index in [1.807, 2.05) is 24.3 Å². The second kappa shape index (κ2) is 7.12. The average Bonchev–Trinajstić information content (AvgIpc) is 2.39. The molecule has 1 aromatic carbocycles. The number of rotatable bonds is 5. The van der Waals surface area contributed by atoms with Gasteiger partial charge in [-0.15, -0.1) is 0 Å². The van der Waals surface area contributed by atoms with Crippen LogP contribution in [-0.4, -0.2) is 42.4 Å². The number of benzene rings is 1. The van der Waals surface area contributed by atoms with Gasteiger partial charge in [-0.1, -0.05) is 18.6 Å². The number of halogens is 1. The van der Waals surface area contributed by atoms with Gasteiger partial charge in [0.05, 0.1) is 4.47 Å². The number of para-hydroxylation sites is 1. The molecule has 0 aliphatic carbocycles. The molecule has 1 atom stereocenters. The zero-order chi connectivity index (χ0) is 12.8. The van der Waals surface area contributed by atoms with Crippen LogP contribution in [0.2, 0.25) is 0 Å². The normalized spacial score (nSPS) is 18.6. The van der Waals surface area contributed by atoms with Crippen LogP contribution in [0, 0.1) is 0 Å². The third kappa shape index (κ3) is 4.26. The maximum Gasteiger partial charge on any atom is 0.133 e. The van der Waals surface area contributed by atoms with Gasteiger partial charge in [0.1, 0.15) is 18.5 Å². The number of ether oxygens (including phenoxy) is 1. The number of nitrogens with zero attached hydrogens (tertiary/aromatic N) is 1. The summed E-state index contributed by atoms with van der Waals surface area (Å²) in [4.78, 5) is 2.32. The lowest BCUT2D eigenvalue weighted by Gasteiger charge is -2.28. The summed E-state index contributed by atoms with van der Waals surface area (Å²) in [5.74, 6) is 0.787. The van der Waals surface area contributed by atoms with Gasteiger partial charge in [0.15, 0.2) is 0 Å². The fourth-order valence-electron chi connectivity index (χ4n) is 2.24. The summed E-state index contributed by atoms with van der Waals surface area (Å²) in [6.45, 7) is 3.27. The summed E-state index contributed by atoms with van der Waals surface area (Å²) in [7, 11) is 0. The molecule has 1 aliphatic heterocycles. The number of β-amino-alcohol motifs (C(OH)–C–C–N with tert-alkyl or cyclic N) is 1. The summed E-state index contributed by atoms with van der Waals surface area (Å²) in [5.41, 5.74) is 0. The van der Waals surface area contributed by atoms with E-state index in [9.17, 15) is 5.11 Å². The zero-order valence-electron chi connectivity index (χ0n) is 10.5. The molecule has 0 bridgehead atoms. The first kappa shape index (κ1) is 13.8. The van der Waals surface area contributed by atoms with E-state index >= 15 is 0 Å². The first-order valence-corrected chi connectivity index (χ1v) is 7.33. The molecule has 100 valence electrons. The highest BCUT2D eigenvalue weighted by molar-refractivity contribution is 9.10. The van der Waals surface area contributed by atoms with Crippen LogP contribution in [0.15, 0.2) is 28.7 Å². The number of hydrogen-bond acceptors (Lipinski definition) is 3. The Morgan fingerprint density at radius 1 is 1.22 bits per heavy atom. The Hall–Kier alpha value is -0.580. The lowest BCUT2D eigenvalue weighted by atomic mass is 10.1. The third-order valence-electron chi connectivity index (χ3n) is 3.19. The van der Waals surface area contributed by atoms with E-state index in [0.29, 0.717) is 13.2 Å². The van der Waals surface area contributed by atoms with Crippen molar-refractivity contribution in [3.8, 4) is 5.75 Å². The van der Waals surface area contributed by atoms with Crippen LogP contribution >= 0.6 is 15.9 Å². The maximum absolute atomic E-state index is 9.97. The van der Waals surface area contributed by atoms with Crippen LogP contribution in [0.4, 0.5) is 0 Å². The predicted octanol–water partition coefficient (Wildman–Crippen LogP) is 2.67. The molecule has 1 saturated heterocycles. The molecule has 18 heavy (non-hydrogen) atoms. The van der Waals surface area contributed by atoms with E-state index in [2.05, 4.69) is 20.8 Å². The van der Waals surface area contributed by atoms with E-state index < -0.39 is 6.10 Å². The number of aliphatic hydroxyl groups is 1. The van der Waals surface area contributed by atoms with Crippen LogP contribution < -0.4 is 4.74 Å². The van der Waals surface area contributed by atoms with Crippen molar-refractivity contribution in [2.45, 2.75) is 25.4 Å². The highest BCUT2D eigenvalue weighted by atomic mass is 79.9. The van der Waals surface area contributed by atoms with Crippen LogP contribution in [0.5, 0.6) is 5.75 Å². The summed E-state index contributed by atoms with van der Waals surface area (Å²) in [6.07, 6.45) is 3.39. The summed E-state index contributed by atoms with van der Waals surface area (Å²) < 4.78 is 6.54. The van der Waals surface area contributed by atoms with Crippen LogP contribution in [0.3, 0.4) is 0 Å². The fraction of sp³-hybridized carbons (Fsp3) is 0.571. The Kier molecular flexibility index (Phi) is 5.47. The molecule has 1 heterocycles. The highest BCUT2D eigenvalue weighted by Gasteiger charge is 2.15. The monoisotopic (exact) mass is 313 g/mol. The van der Waals surface area contributed by atoms with Crippen molar-refractivity contribution in [1.82, 2.24) is 4.90 Å². The summed E-state index contributed by atoms with van der Waals surface area (Å²) in [6, 6.07) is 7.71. The summed E-state index contributed by atoms with van der Waals surface area (Å²) in [5, 5.41) is 9.97. The Labute approximate surface area is 117 Å². The van der Waals surface area contributed by atoms with Gasteiger partial charge in [-0.25, -0.2) is 0 Å². The number of aliphatic hydroxyl groups excluding tert-OH is 1. The highest BCUT2D eigenvalue weighted by Crippen LogP contribution is 2.23. The first-order chi connectivity index (χ1) is 8.75. The minimum absolute atomic E-state index is 0.346. The van der Waals surface area contributed by atoms with Crippen molar-refractivity contribution in [1.29, 1.82) is 0 Å². The van der Waals surface area contributed by atoms with E-state index in [0.717, 1.165) is 23.3 Å². The standard InChI is InChI=1S/C14H20BrNO2/c15-13-6-2-3-7-14(13)18-11-12(17)10-16-8-4-1-5-9-16/h2-3,6-7,12,17H,1,4-5,8-11H2/t12-/m0/s1. The predicted molar refractivity (Wildman–Crippen MR) is 75.9 cm³/mol. The van der Waals surface area contributed by atoms with Gasteiger partial charge < -0.3 is 14.7 Å². The molecular weight excluding hydrogens is 294 g/mol. The van der Waals surface area contributed by atoms with Gasteiger partial charge in [-0.3, -0.25) is 0 Å². The molecular formula is C14H20BrNO2. The SMILES string of the molecule is O[C@H](COc1ccccc1Br)CN1CCCCC1. The van der Waals surface area contributed by atoms with Crippen molar-refractivity contribution in [2.75, 3.05) is 26.2 Å². The molecule has 0 aromatic heterocycles. The van der Waals surface area contributed by atoms with E-state index in [-0.39, 0.29) is 0 Å². The second-order valence-corrected chi connectivity index (χ2v) is 5.61. The molecule has 0 unspecified atom stereocenters. The number of piperidine rings is 1. The molecule has 1 aromatic rings. The van der Waals surface area contributed by atoms with Gasteiger partial charge in [0, 0.05) is 6.54 Å². The second-order valence-electron chi connectivity index (χ2n) is 4.76. The van der Waals surface area contributed by atoms with Crippen molar-refractivity contribution < 1.29 is 9.84 Å². The largest absolute Gasteiger partial charge is 0.490 e. The van der Waals surface area contributed by atoms with Gasteiger partial charge in [0.25, 0.3) is 0 Å². The molecule has 1 fully saturated rings. The fourth-order valence-corrected chi connectivity index (χ4v) is 2.64. The van der Waals surface area contributed by atoms with E-state index in [4.69, 9.17) is 4.74 Å². The molecule has 1 N–H and O–H groups in total. The Morgan fingerprint density at radius 2 is 1.94 bits per heavy atom. The lowest BCUT2D eigenvalue weighted by molar-refractivity contribution is 0.0615. The van der Waals surface area contributed by atoms with Gasteiger partial charge in [-0.05, 0) is 54.0 Å². The Bertz CT molecular complexity index is 367. The van der Waals surface area contributed by atoms with Crippen LogP contribution in [0.25, 0.3) is 0 Å². The smallest absolute Gasteiger partial charge is 0.133 e. The molecule has 0 saturated carbocycles. The van der Waals surface area contributed by atoms with Crippen molar-refractivity contribution >= 4 is 15.9 Å². The topological polar surface area (TPSA) is 32.7 Å². The number of hydrogen-bond donors (Lipinski definition) is 1. The lowest BCUT2D eigenvalue weighted by Crippen LogP contribution is -2.38. The van der Waals surface area contributed by atoms with Crippen LogP contribution in [0.1, 0.15) is 19.3 Å². The van der Waals surface area contributed by atoms with E-state index in [1.165, 1.54) is 19.3 Å². The van der Waals surface area contributed by atoms with Gasteiger partial charge in [-0.2, -0.15) is 0 Å². The minimum atomic E-state index is -0.421. The Morgan fingerprint density at radius 3 is 2.67 bits per heavy atom. The molecule has 0 radical (unpaired) electrons. The molecule has 2 rings (SSSR count). The summed E-state index contributed by atoms with van der Waals surface area (Å²) >= 11 is 3.43. The first-order valence-electron chi connectivity index (χ1n) is 6.53. The van der Waals surface area contributed by atoms with Crippen LogP contribution in [-0.2, 0) is 0 Å². The van der Waals surface area contributed by atoms with Crippen molar-refractivity contribution in [2.24, 2.45) is 0 Å². The molecule has 0 spiro atoms. The third-order valence-corrected chi connectivity index (χ3v) is 3.84. The Balaban J connectivity index is 1.74. The molecule has 4 heteroatoms. The average molecular weight is 314 g/mol. The zero-order valence-corrected chi connectivity index (χ0v) is 12.1. The molecule has 0 amide bonds. The van der Waals surface area contributed by atoms with E-state index in [1.54, 1.807) is 0 Å². The maximum atomic E-state index is 9.97. The van der Waals surface area contributed by atoms with Crippen molar-refractivity contribution in [3.63, 3.8) is 0 Å². The quantitative estimate of drug-likeness (QED) is 0.907. The van der Waals surface area contributed by atoms with Gasteiger partial charge >= 0.3 is 0 Å². The minimum Gasteiger partial charge on any atom is -0.490 e. The number of likely N-dealkylation sites (tertiary alicyclic amines) is 1. The molecule has 1 aliphatic rings. The van der Waals surface area contributed by atoms with Gasteiger partial charge in [0.2, 0.25) is 0 Å². The molecule has 3 nitrogen and oxygen atoms in total. The van der Waals surface area contributed by atoms with Crippen molar-refractivity contribution in [3.05, 3.63) is 28.7 Å².